The molecule has 17 heavy (non-hydrogen) atoms. The van der Waals surface area contributed by atoms with Crippen LogP contribution >= 0.6 is 0 Å². The molecule has 0 aromatic heterocycles. The van der Waals surface area contributed by atoms with E-state index in [-0.39, 0.29) is 0 Å². The minimum atomic E-state index is 0.474. The van der Waals surface area contributed by atoms with Crippen LogP contribution in [0.4, 0.5) is 0 Å². The minimum absolute atomic E-state index is 0.474. The summed E-state index contributed by atoms with van der Waals surface area (Å²) in [7, 11) is 0. The average Bonchev–Trinajstić information content (AvgIpc) is 2.31. The van der Waals surface area contributed by atoms with Crippen LogP contribution in [0.1, 0.15) is 78.6 Å². The van der Waals surface area contributed by atoms with E-state index in [9.17, 15) is 0 Å². The van der Waals surface area contributed by atoms with Gasteiger partial charge in [0.25, 0.3) is 0 Å². The second kappa shape index (κ2) is 8.13. The van der Waals surface area contributed by atoms with Gasteiger partial charge in [0.2, 0.25) is 0 Å². The molecule has 0 spiro atoms. The zero-order valence-corrected chi connectivity index (χ0v) is 12.3. The predicted molar refractivity (Wildman–Crippen MR) is 77.0 cm³/mol. The fourth-order valence-electron chi connectivity index (χ4n) is 3.22. The van der Waals surface area contributed by atoms with Gasteiger partial charge in [-0.15, -0.1) is 0 Å². The van der Waals surface area contributed by atoms with Gasteiger partial charge in [0, 0.05) is 6.04 Å². The van der Waals surface area contributed by atoms with E-state index in [1.807, 2.05) is 0 Å². The molecule has 1 heteroatoms. The molecule has 1 rings (SSSR count). The smallest absolute Gasteiger partial charge is 0.00671 e. The summed E-state index contributed by atoms with van der Waals surface area (Å²) in [5, 5.41) is 0. The van der Waals surface area contributed by atoms with Crippen molar-refractivity contribution in [1.82, 2.24) is 0 Å². The highest BCUT2D eigenvalue weighted by atomic mass is 14.6. The van der Waals surface area contributed by atoms with Gasteiger partial charge in [-0.25, -0.2) is 0 Å². The van der Waals surface area contributed by atoms with E-state index >= 15 is 0 Å². The fourth-order valence-corrected chi connectivity index (χ4v) is 3.22. The van der Waals surface area contributed by atoms with Crippen molar-refractivity contribution in [2.45, 2.75) is 84.6 Å². The number of hydrogen-bond donors (Lipinski definition) is 1. The molecule has 1 aliphatic rings. The predicted octanol–water partition coefficient (Wildman–Crippen LogP) is 4.75. The maximum Gasteiger partial charge on any atom is 0.00671 e. The maximum atomic E-state index is 6.39. The lowest BCUT2D eigenvalue weighted by molar-refractivity contribution is 0.260. The Bertz CT molecular complexity index is 190. The Morgan fingerprint density at radius 2 is 1.53 bits per heavy atom. The molecule has 0 bridgehead atoms. The Labute approximate surface area is 109 Å². The monoisotopic (exact) mass is 239 g/mol. The van der Waals surface area contributed by atoms with Crippen LogP contribution in [-0.4, -0.2) is 6.04 Å². The van der Waals surface area contributed by atoms with Gasteiger partial charge in [-0.1, -0.05) is 59.3 Å². The molecule has 0 saturated heterocycles. The molecule has 0 heterocycles. The Morgan fingerprint density at radius 1 is 0.941 bits per heavy atom. The van der Waals surface area contributed by atoms with Crippen molar-refractivity contribution in [3.8, 4) is 0 Å². The van der Waals surface area contributed by atoms with Gasteiger partial charge in [-0.2, -0.15) is 0 Å². The molecule has 4 atom stereocenters. The summed E-state index contributed by atoms with van der Waals surface area (Å²) in [5.41, 5.74) is 6.39. The minimum Gasteiger partial charge on any atom is -0.327 e. The first-order valence-electron chi connectivity index (χ1n) is 7.90. The van der Waals surface area contributed by atoms with Gasteiger partial charge in [-0.05, 0) is 37.0 Å². The molecule has 1 nitrogen and oxygen atoms in total. The second-order valence-electron chi connectivity index (χ2n) is 6.38. The van der Waals surface area contributed by atoms with E-state index in [2.05, 4.69) is 20.8 Å². The first-order chi connectivity index (χ1) is 8.15. The summed E-state index contributed by atoms with van der Waals surface area (Å²) >= 11 is 0. The van der Waals surface area contributed by atoms with E-state index in [0.29, 0.717) is 6.04 Å². The molecule has 1 saturated carbocycles. The van der Waals surface area contributed by atoms with Crippen LogP contribution in [0.2, 0.25) is 0 Å². The fraction of sp³-hybridized carbons (Fsp3) is 1.00. The molecule has 0 aromatic rings. The molecule has 0 radical (unpaired) electrons. The van der Waals surface area contributed by atoms with E-state index in [1.165, 1.54) is 57.8 Å². The van der Waals surface area contributed by atoms with Gasteiger partial charge in [-0.3, -0.25) is 0 Å². The molecular weight excluding hydrogens is 206 g/mol. The Kier molecular flexibility index (Phi) is 7.18. The molecule has 2 N–H and O–H groups in total. The molecule has 1 aliphatic carbocycles. The number of unbranched alkanes of at least 4 members (excludes halogenated alkanes) is 1. The van der Waals surface area contributed by atoms with Gasteiger partial charge >= 0.3 is 0 Å². The summed E-state index contributed by atoms with van der Waals surface area (Å²) < 4.78 is 0. The third-order valence-electron chi connectivity index (χ3n) is 4.94. The van der Waals surface area contributed by atoms with Crippen LogP contribution in [0.25, 0.3) is 0 Å². The molecule has 102 valence electrons. The normalized spacial score (nSPS) is 36.7. The van der Waals surface area contributed by atoms with Crippen LogP contribution < -0.4 is 5.73 Å². The lowest BCUT2D eigenvalue weighted by Gasteiger charge is -2.28. The van der Waals surface area contributed by atoms with E-state index < -0.39 is 0 Å². The highest BCUT2D eigenvalue weighted by molar-refractivity contribution is 4.76. The molecule has 4 unspecified atom stereocenters. The third kappa shape index (κ3) is 5.42. The summed E-state index contributed by atoms with van der Waals surface area (Å²) in [6.45, 7) is 7.15. The van der Waals surface area contributed by atoms with E-state index in [1.54, 1.807) is 0 Å². The van der Waals surface area contributed by atoms with Crippen LogP contribution in [-0.2, 0) is 0 Å². The van der Waals surface area contributed by atoms with Crippen LogP contribution in [0.3, 0.4) is 0 Å². The summed E-state index contributed by atoms with van der Waals surface area (Å²) in [6, 6.07) is 0.474. The van der Waals surface area contributed by atoms with Crippen LogP contribution in [0.15, 0.2) is 0 Å². The van der Waals surface area contributed by atoms with Gasteiger partial charge in [0.15, 0.2) is 0 Å². The summed E-state index contributed by atoms with van der Waals surface area (Å²) in [6.07, 6.45) is 12.2. The number of hydrogen-bond acceptors (Lipinski definition) is 1. The van der Waals surface area contributed by atoms with Crippen molar-refractivity contribution in [3.63, 3.8) is 0 Å². The van der Waals surface area contributed by atoms with Gasteiger partial charge < -0.3 is 5.73 Å². The maximum absolute atomic E-state index is 6.39. The van der Waals surface area contributed by atoms with Crippen molar-refractivity contribution in [1.29, 1.82) is 0 Å². The highest BCUT2D eigenvalue weighted by Crippen LogP contribution is 2.29. The van der Waals surface area contributed by atoms with Gasteiger partial charge in [0.05, 0.1) is 0 Å². The van der Waals surface area contributed by atoms with Crippen molar-refractivity contribution < 1.29 is 0 Å². The average molecular weight is 239 g/mol. The molecular formula is C16H33N. The van der Waals surface area contributed by atoms with E-state index in [0.717, 1.165) is 17.8 Å². The van der Waals surface area contributed by atoms with Crippen LogP contribution in [0.5, 0.6) is 0 Å². The molecule has 1 fully saturated rings. The quantitative estimate of drug-likeness (QED) is 0.756. The van der Waals surface area contributed by atoms with E-state index in [4.69, 9.17) is 5.73 Å². The summed E-state index contributed by atoms with van der Waals surface area (Å²) in [4.78, 5) is 0. The number of rotatable bonds is 3. The second-order valence-corrected chi connectivity index (χ2v) is 6.38. The molecule has 0 aromatic carbocycles. The molecule has 0 aliphatic heterocycles. The van der Waals surface area contributed by atoms with Gasteiger partial charge in [0.1, 0.15) is 0 Å². The Hall–Kier alpha value is -0.0400. The van der Waals surface area contributed by atoms with Crippen molar-refractivity contribution in [2.75, 3.05) is 0 Å². The van der Waals surface area contributed by atoms with Crippen molar-refractivity contribution in [3.05, 3.63) is 0 Å². The topological polar surface area (TPSA) is 26.0 Å². The zero-order valence-electron chi connectivity index (χ0n) is 12.3. The Morgan fingerprint density at radius 3 is 2.12 bits per heavy atom. The van der Waals surface area contributed by atoms with Crippen LogP contribution in [0, 0.1) is 17.8 Å². The first-order valence-corrected chi connectivity index (χ1v) is 7.90. The summed E-state index contributed by atoms with van der Waals surface area (Å²) in [5.74, 6) is 2.61. The lowest BCUT2D eigenvalue weighted by Crippen LogP contribution is -2.31. The largest absolute Gasteiger partial charge is 0.327 e. The standard InChI is InChI=1S/C16H33N/c1-4-5-10-15-11-6-8-13(2)14(3)9-7-12-16(15)17/h13-16H,4-12,17H2,1-3H3. The highest BCUT2D eigenvalue weighted by Gasteiger charge is 2.21. The van der Waals surface area contributed by atoms with Crippen molar-refractivity contribution >= 4 is 0 Å². The van der Waals surface area contributed by atoms with Crippen molar-refractivity contribution in [2.24, 2.45) is 23.5 Å². The lowest BCUT2D eigenvalue weighted by atomic mass is 9.80. The zero-order chi connectivity index (χ0) is 12.7. The third-order valence-corrected chi connectivity index (χ3v) is 4.94. The Balaban J connectivity index is 2.45. The molecule has 0 amide bonds. The first kappa shape index (κ1) is 15.0. The SMILES string of the molecule is CCCCC1CCCC(C)C(C)CCCC1N. The number of nitrogens with two attached hydrogens (primary N) is 1.